The summed E-state index contributed by atoms with van der Waals surface area (Å²) in [5.41, 5.74) is 1.91. The Morgan fingerprint density at radius 1 is 1.47 bits per heavy atom. The van der Waals surface area contributed by atoms with E-state index in [1.165, 1.54) is 0 Å². The lowest BCUT2D eigenvalue weighted by molar-refractivity contribution is 0.00925. The molecule has 0 aromatic heterocycles. The Labute approximate surface area is 103 Å². The Morgan fingerprint density at radius 2 is 2.29 bits per heavy atom. The maximum absolute atomic E-state index is 9.66. The van der Waals surface area contributed by atoms with Crippen molar-refractivity contribution in [1.29, 1.82) is 0 Å². The molecule has 2 atom stereocenters. The van der Waals surface area contributed by atoms with Gasteiger partial charge in [-0.05, 0) is 37.8 Å². The van der Waals surface area contributed by atoms with E-state index in [4.69, 9.17) is 4.74 Å². The zero-order valence-electron chi connectivity index (χ0n) is 10.6. The molecule has 3 nitrogen and oxygen atoms in total. The molecule has 0 bridgehead atoms. The van der Waals surface area contributed by atoms with Gasteiger partial charge in [-0.3, -0.25) is 0 Å². The largest absolute Gasteiger partial charge is 0.508 e. The van der Waals surface area contributed by atoms with Crippen LogP contribution in [0.2, 0.25) is 0 Å². The van der Waals surface area contributed by atoms with E-state index < -0.39 is 0 Å². The molecule has 1 aliphatic heterocycles. The molecule has 1 aromatic carbocycles. The highest BCUT2D eigenvalue weighted by Crippen LogP contribution is 2.24. The van der Waals surface area contributed by atoms with Crippen molar-refractivity contribution in [2.24, 2.45) is 0 Å². The van der Waals surface area contributed by atoms with Crippen LogP contribution in [0.4, 0.5) is 5.69 Å². The highest BCUT2D eigenvalue weighted by molar-refractivity contribution is 5.51. The van der Waals surface area contributed by atoms with Gasteiger partial charge in [0.2, 0.25) is 0 Å². The predicted molar refractivity (Wildman–Crippen MR) is 69.5 cm³/mol. The lowest BCUT2D eigenvalue weighted by Gasteiger charge is -2.30. The lowest BCUT2D eigenvalue weighted by atomic mass is 10.0. The van der Waals surface area contributed by atoms with Crippen molar-refractivity contribution in [3.63, 3.8) is 0 Å². The Kier molecular flexibility index (Phi) is 3.89. The molecule has 1 aliphatic rings. The predicted octanol–water partition coefficient (Wildman–Crippen LogP) is 3.07. The number of anilines is 1. The summed E-state index contributed by atoms with van der Waals surface area (Å²) in [6.45, 7) is 4.89. The molecule has 94 valence electrons. The Morgan fingerprint density at radius 3 is 3.00 bits per heavy atom. The van der Waals surface area contributed by atoms with E-state index >= 15 is 0 Å². The van der Waals surface area contributed by atoms with Crippen LogP contribution in [0.5, 0.6) is 5.75 Å². The Hall–Kier alpha value is -1.22. The quantitative estimate of drug-likeness (QED) is 0.846. The molecule has 1 heterocycles. The number of aryl methyl sites for hydroxylation is 1. The van der Waals surface area contributed by atoms with E-state index in [0.717, 1.165) is 37.1 Å². The molecule has 3 heteroatoms. The molecular weight excluding hydrogens is 214 g/mol. The van der Waals surface area contributed by atoms with Crippen molar-refractivity contribution in [2.75, 3.05) is 11.9 Å². The van der Waals surface area contributed by atoms with Crippen LogP contribution in [0, 0.1) is 6.92 Å². The van der Waals surface area contributed by atoms with Gasteiger partial charge in [0.25, 0.3) is 0 Å². The number of hydrogen-bond donors (Lipinski definition) is 2. The molecule has 0 amide bonds. The fraction of sp³-hybridized carbons (Fsp3) is 0.571. The van der Waals surface area contributed by atoms with Crippen molar-refractivity contribution < 1.29 is 9.84 Å². The van der Waals surface area contributed by atoms with Crippen molar-refractivity contribution in [2.45, 2.75) is 45.3 Å². The minimum atomic E-state index is 0.356. The first kappa shape index (κ1) is 12.2. The van der Waals surface area contributed by atoms with Gasteiger partial charge in [-0.1, -0.05) is 13.0 Å². The topological polar surface area (TPSA) is 41.5 Å². The van der Waals surface area contributed by atoms with Crippen LogP contribution in [-0.4, -0.2) is 23.9 Å². The van der Waals surface area contributed by atoms with E-state index in [1.54, 1.807) is 6.07 Å². The van der Waals surface area contributed by atoms with Crippen molar-refractivity contribution in [1.82, 2.24) is 0 Å². The standard InChI is InChI=1S/C14H21NO2/c1-3-13-8-12(6-7-17-13)15-11-5-4-10(2)14(16)9-11/h4-5,9,12-13,15-16H,3,6-8H2,1-2H3. The summed E-state index contributed by atoms with van der Waals surface area (Å²) in [7, 11) is 0. The maximum Gasteiger partial charge on any atom is 0.120 e. The summed E-state index contributed by atoms with van der Waals surface area (Å²) >= 11 is 0. The molecule has 0 radical (unpaired) electrons. The summed E-state index contributed by atoms with van der Waals surface area (Å²) < 4.78 is 5.65. The molecule has 2 N–H and O–H groups in total. The fourth-order valence-corrected chi connectivity index (χ4v) is 2.23. The summed E-state index contributed by atoms with van der Waals surface area (Å²) in [5, 5.41) is 13.1. The highest BCUT2D eigenvalue weighted by atomic mass is 16.5. The van der Waals surface area contributed by atoms with E-state index in [9.17, 15) is 5.11 Å². The van der Waals surface area contributed by atoms with Crippen LogP contribution in [0.1, 0.15) is 31.7 Å². The third kappa shape index (κ3) is 3.13. The van der Waals surface area contributed by atoms with Gasteiger partial charge in [-0.15, -0.1) is 0 Å². The molecule has 0 aliphatic carbocycles. The van der Waals surface area contributed by atoms with Crippen LogP contribution < -0.4 is 5.32 Å². The van der Waals surface area contributed by atoms with Gasteiger partial charge in [0.05, 0.1) is 6.10 Å². The molecule has 0 spiro atoms. The average molecular weight is 235 g/mol. The second kappa shape index (κ2) is 5.41. The van der Waals surface area contributed by atoms with Crippen LogP contribution in [0.3, 0.4) is 0 Å². The van der Waals surface area contributed by atoms with Crippen LogP contribution in [-0.2, 0) is 4.74 Å². The van der Waals surface area contributed by atoms with Crippen LogP contribution in [0.15, 0.2) is 18.2 Å². The summed E-state index contributed by atoms with van der Waals surface area (Å²) in [6, 6.07) is 6.21. The van der Waals surface area contributed by atoms with Gasteiger partial charge in [0.1, 0.15) is 5.75 Å². The van der Waals surface area contributed by atoms with Crippen LogP contribution in [0.25, 0.3) is 0 Å². The summed E-state index contributed by atoms with van der Waals surface area (Å²) in [4.78, 5) is 0. The number of phenols is 1. The fourth-order valence-electron chi connectivity index (χ4n) is 2.23. The zero-order chi connectivity index (χ0) is 12.3. The van der Waals surface area contributed by atoms with E-state index in [2.05, 4.69) is 12.2 Å². The number of benzene rings is 1. The first-order valence-corrected chi connectivity index (χ1v) is 6.36. The lowest BCUT2D eigenvalue weighted by Crippen LogP contribution is -2.33. The molecule has 2 rings (SSSR count). The molecule has 17 heavy (non-hydrogen) atoms. The molecule has 1 fully saturated rings. The van der Waals surface area contributed by atoms with Gasteiger partial charge in [-0.2, -0.15) is 0 Å². The number of hydrogen-bond acceptors (Lipinski definition) is 3. The smallest absolute Gasteiger partial charge is 0.120 e. The normalized spacial score (nSPS) is 24.6. The van der Waals surface area contributed by atoms with Gasteiger partial charge in [0.15, 0.2) is 0 Å². The molecule has 0 saturated carbocycles. The minimum absolute atomic E-state index is 0.356. The number of rotatable bonds is 3. The Balaban J connectivity index is 1.97. The van der Waals surface area contributed by atoms with Crippen LogP contribution >= 0.6 is 0 Å². The molecular formula is C14H21NO2. The van der Waals surface area contributed by atoms with Crippen molar-refractivity contribution in [3.05, 3.63) is 23.8 Å². The summed E-state index contributed by atoms with van der Waals surface area (Å²) in [5.74, 6) is 0.356. The number of ether oxygens (including phenoxy) is 1. The third-order valence-corrected chi connectivity index (χ3v) is 3.40. The van der Waals surface area contributed by atoms with E-state index in [-0.39, 0.29) is 0 Å². The van der Waals surface area contributed by atoms with Gasteiger partial charge in [0, 0.05) is 24.4 Å². The molecule has 1 aromatic rings. The first-order chi connectivity index (χ1) is 8.19. The van der Waals surface area contributed by atoms with E-state index in [1.807, 2.05) is 19.1 Å². The number of nitrogens with one attached hydrogen (secondary N) is 1. The zero-order valence-corrected chi connectivity index (χ0v) is 10.6. The SMILES string of the molecule is CCC1CC(Nc2ccc(C)c(O)c2)CCO1. The van der Waals surface area contributed by atoms with Crippen molar-refractivity contribution >= 4 is 5.69 Å². The monoisotopic (exact) mass is 235 g/mol. The van der Waals surface area contributed by atoms with Gasteiger partial charge < -0.3 is 15.2 Å². The number of aromatic hydroxyl groups is 1. The summed E-state index contributed by atoms with van der Waals surface area (Å²) in [6.07, 6.45) is 3.52. The second-order valence-corrected chi connectivity index (χ2v) is 4.77. The first-order valence-electron chi connectivity index (χ1n) is 6.36. The molecule has 1 saturated heterocycles. The van der Waals surface area contributed by atoms with Gasteiger partial charge in [-0.25, -0.2) is 0 Å². The highest BCUT2D eigenvalue weighted by Gasteiger charge is 2.21. The second-order valence-electron chi connectivity index (χ2n) is 4.77. The Bertz CT molecular complexity index is 378. The third-order valence-electron chi connectivity index (χ3n) is 3.40. The minimum Gasteiger partial charge on any atom is -0.508 e. The average Bonchev–Trinajstić information content (AvgIpc) is 2.34. The van der Waals surface area contributed by atoms with Gasteiger partial charge >= 0.3 is 0 Å². The maximum atomic E-state index is 9.66. The number of phenolic OH excluding ortho intramolecular Hbond substituents is 1. The van der Waals surface area contributed by atoms with E-state index in [0.29, 0.717) is 17.9 Å². The molecule has 2 unspecified atom stereocenters. The van der Waals surface area contributed by atoms with Crippen molar-refractivity contribution in [3.8, 4) is 5.75 Å².